The van der Waals surface area contributed by atoms with Crippen molar-refractivity contribution < 1.29 is 5.21 Å². The van der Waals surface area contributed by atoms with Crippen LogP contribution in [0.25, 0.3) is 11.0 Å². The van der Waals surface area contributed by atoms with Crippen LogP contribution in [0.5, 0.6) is 0 Å². The summed E-state index contributed by atoms with van der Waals surface area (Å²) in [4.78, 5) is 17.4. The summed E-state index contributed by atoms with van der Waals surface area (Å²) in [5.41, 5.74) is 2.43. The topological polar surface area (TPSA) is 86.2 Å². The van der Waals surface area contributed by atoms with Crippen molar-refractivity contribution in [1.82, 2.24) is 14.5 Å². The van der Waals surface area contributed by atoms with Crippen LogP contribution in [0, 0.1) is 4.77 Å². The number of rotatable bonds is 3. The molecule has 0 saturated heterocycles. The van der Waals surface area contributed by atoms with Gasteiger partial charge >= 0.3 is 0 Å². The lowest BCUT2D eigenvalue weighted by Gasteiger charge is -2.11. The van der Waals surface area contributed by atoms with E-state index in [0.717, 1.165) is 5.56 Å². The summed E-state index contributed by atoms with van der Waals surface area (Å²) < 4.78 is 2.11. The second-order valence-electron chi connectivity index (χ2n) is 4.67. The molecule has 22 heavy (non-hydrogen) atoms. The van der Waals surface area contributed by atoms with Crippen LogP contribution in [-0.4, -0.2) is 26.0 Å². The molecule has 0 aliphatic heterocycles. The predicted octanol–water partition coefficient (Wildman–Crippen LogP) is 2.90. The first-order valence-electron chi connectivity index (χ1n) is 6.36. The van der Waals surface area contributed by atoms with E-state index < -0.39 is 0 Å². The van der Waals surface area contributed by atoms with Gasteiger partial charge in [0.05, 0.1) is 18.3 Å². The molecule has 0 fully saturated rings. The van der Waals surface area contributed by atoms with E-state index in [2.05, 4.69) is 15.1 Å². The van der Waals surface area contributed by atoms with Gasteiger partial charge in [0.2, 0.25) is 0 Å². The van der Waals surface area contributed by atoms with E-state index in [1.54, 1.807) is 29.0 Å². The molecule has 0 spiro atoms. The van der Waals surface area contributed by atoms with Crippen molar-refractivity contribution in [3.8, 4) is 0 Å². The number of hydrogen-bond acceptors (Lipinski definition) is 4. The van der Waals surface area contributed by atoms with Crippen molar-refractivity contribution in [3.05, 3.63) is 61.7 Å². The molecule has 0 saturated carbocycles. The highest BCUT2D eigenvalue weighted by molar-refractivity contribution is 7.71. The molecule has 3 aromatic rings. The summed E-state index contributed by atoms with van der Waals surface area (Å²) in [5.74, 6) is 0. The molecule has 112 valence electrons. The van der Waals surface area contributed by atoms with Gasteiger partial charge in [0.1, 0.15) is 5.52 Å². The monoisotopic (exact) mass is 334 g/mol. The molecule has 1 aromatic carbocycles. The fraction of sp³-hybridized carbons (Fsp3) is 0.0714. The Bertz CT molecular complexity index is 986. The van der Waals surface area contributed by atoms with Crippen molar-refractivity contribution >= 4 is 41.1 Å². The Hall–Kier alpha value is -2.38. The Balaban J connectivity index is 2.17. The fourth-order valence-electron chi connectivity index (χ4n) is 2.32. The van der Waals surface area contributed by atoms with Gasteiger partial charge in [-0.25, -0.2) is 0 Å². The molecule has 0 amide bonds. The maximum absolute atomic E-state index is 11.8. The van der Waals surface area contributed by atoms with E-state index in [9.17, 15) is 4.79 Å². The van der Waals surface area contributed by atoms with Crippen LogP contribution >= 0.6 is 23.8 Å². The smallest absolute Gasteiger partial charge is 0.276 e. The number of H-pyrrole nitrogens is 2. The third kappa shape index (κ3) is 2.56. The largest absolute Gasteiger partial charge is 0.411 e. The SMILES string of the molecule is O=c1[nH]c(=S)n(Cc2ccc(Cl)cc2C=NO)c2cc[nH]c12. The minimum absolute atomic E-state index is 0.255. The zero-order valence-corrected chi connectivity index (χ0v) is 12.8. The molecule has 0 aliphatic rings. The summed E-state index contributed by atoms with van der Waals surface area (Å²) >= 11 is 11.2. The molecule has 0 unspecified atom stereocenters. The lowest BCUT2D eigenvalue weighted by atomic mass is 10.1. The number of nitrogens with zero attached hydrogens (tertiary/aromatic N) is 2. The lowest BCUT2D eigenvalue weighted by Crippen LogP contribution is -2.15. The van der Waals surface area contributed by atoms with Gasteiger partial charge in [-0.1, -0.05) is 22.8 Å². The number of aromatic amines is 2. The maximum atomic E-state index is 11.8. The first kappa shape index (κ1) is 14.6. The van der Waals surface area contributed by atoms with Crippen LogP contribution in [-0.2, 0) is 6.54 Å². The molecule has 6 nitrogen and oxygen atoms in total. The normalized spacial score (nSPS) is 11.5. The van der Waals surface area contributed by atoms with E-state index in [4.69, 9.17) is 29.0 Å². The second kappa shape index (κ2) is 5.78. The highest BCUT2D eigenvalue weighted by Gasteiger charge is 2.09. The average Bonchev–Trinajstić information content (AvgIpc) is 2.95. The molecule has 0 atom stereocenters. The van der Waals surface area contributed by atoms with Crippen LogP contribution in [0.2, 0.25) is 5.02 Å². The summed E-state index contributed by atoms with van der Waals surface area (Å²) in [6.45, 7) is 0.405. The summed E-state index contributed by atoms with van der Waals surface area (Å²) in [5, 5.41) is 12.4. The molecule has 0 aliphatic carbocycles. The molecule has 0 bridgehead atoms. The van der Waals surface area contributed by atoms with Gasteiger partial charge in [-0.05, 0) is 36.0 Å². The number of nitrogens with one attached hydrogen (secondary N) is 2. The van der Waals surface area contributed by atoms with E-state index in [1.807, 2.05) is 6.07 Å². The third-order valence-electron chi connectivity index (χ3n) is 3.34. The fourth-order valence-corrected chi connectivity index (χ4v) is 2.76. The van der Waals surface area contributed by atoms with Gasteiger partial charge in [0, 0.05) is 16.8 Å². The quantitative estimate of drug-likeness (QED) is 0.298. The minimum Gasteiger partial charge on any atom is -0.411 e. The minimum atomic E-state index is -0.255. The van der Waals surface area contributed by atoms with E-state index in [-0.39, 0.29) is 5.56 Å². The Morgan fingerprint density at radius 1 is 1.41 bits per heavy atom. The number of fused-ring (bicyclic) bond motifs is 1. The van der Waals surface area contributed by atoms with Crippen LogP contribution < -0.4 is 5.56 Å². The van der Waals surface area contributed by atoms with Gasteiger partial charge in [0.15, 0.2) is 4.77 Å². The predicted molar refractivity (Wildman–Crippen MR) is 87.7 cm³/mol. The van der Waals surface area contributed by atoms with Crippen LogP contribution in [0.3, 0.4) is 0 Å². The molecule has 3 N–H and O–H groups in total. The molecular weight excluding hydrogens is 324 g/mol. The number of hydrogen-bond donors (Lipinski definition) is 3. The van der Waals surface area contributed by atoms with Crippen molar-refractivity contribution in [2.24, 2.45) is 5.16 Å². The Labute approximate surface area is 134 Å². The van der Waals surface area contributed by atoms with Crippen molar-refractivity contribution in [3.63, 3.8) is 0 Å². The molecular formula is C14H11ClN4O2S. The number of halogens is 1. The zero-order chi connectivity index (χ0) is 15.7. The third-order valence-corrected chi connectivity index (χ3v) is 3.90. The first-order valence-corrected chi connectivity index (χ1v) is 7.15. The Morgan fingerprint density at radius 3 is 3.00 bits per heavy atom. The summed E-state index contributed by atoms with van der Waals surface area (Å²) in [6.07, 6.45) is 2.99. The van der Waals surface area contributed by atoms with Crippen LogP contribution in [0.4, 0.5) is 0 Å². The number of benzene rings is 1. The molecule has 8 heteroatoms. The highest BCUT2D eigenvalue weighted by Crippen LogP contribution is 2.18. The molecule has 2 aromatic heterocycles. The van der Waals surface area contributed by atoms with Crippen LogP contribution in [0.1, 0.15) is 11.1 Å². The number of oxime groups is 1. The summed E-state index contributed by atoms with van der Waals surface area (Å²) in [6, 6.07) is 7.05. The first-order chi connectivity index (χ1) is 10.6. The highest BCUT2D eigenvalue weighted by atomic mass is 35.5. The lowest BCUT2D eigenvalue weighted by molar-refractivity contribution is 0.322. The maximum Gasteiger partial charge on any atom is 0.276 e. The van der Waals surface area contributed by atoms with Crippen molar-refractivity contribution in [1.29, 1.82) is 0 Å². The van der Waals surface area contributed by atoms with Gasteiger partial charge in [-0.3, -0.25) is 9.78 Å². The van der Waals surface area contributed by atoms with Gasteiger partial charge in [0.25, 0.3) is 5.56 Å². The zero-order valence-electron chi connectivity index (χ0n) is 11.2. The standard InChI is InChI=1S/C14H11ClN4O2S/c15-10-2-1-8(9(5-10)6-17-21)7-19-11-3-4-16-12(11)13(20)18-14(19)22/h1-6,16,21H,7H2,(H,18,20,22). The van der Waals surface area contributed by atoms with E-state index in [1.165, 1.54) is 6.21 Å². The Morgan fingerprint density at radius 2 is 2.23 bits per heavy atom. The van der Waals surface area contributed by atoms with Gasteiger partial charge in [-0.15, -0.1) is 0 Å². The molecule has 3 rings (SSSR count). The van der Waals surface area contributed by atoms with Crippen molar-refractivity contribution in [2.75, 3.05) is 0 Å². The Kier molecular flexibility index (Phi) is 3.82. The van der Waals surface area contributed by atoms with Crippen molar-refractivity contribution in [2.45, 2.75) is 6.54 Å². The average molecular weight is 335 g/mol. The van der Waals surface area contributed by atoms with Gasteiger partial charge in [-0.2, -0.15) is 0 Å². The van der Waals surface area contributed by atoms with E-state index in [0.29, 0.717) is 32.9 Å². The molecule has 0 radical (unpaired) electrons. The van der Waals surface area contributed by atoms with Crippen LogP contribution in [0.15, 0.2) is 40.4 Å². The number of aromatic nitrogens is 3. The van der Waals surface area contributed by atoms with E-state index >= 15 is 0 Å². The summed E-state index contributed by atoms with van der Waals surface area (Å²) in [7, 11) is 0. The second-order valence-corrected chi connectivity index (χ2v) is 5.49. The molecule has 2 heterocycles. The van der Waals surface area contributed by atoms with Gasteiger partial charge < -0.3 is 14.8 Å².